The lowest BCUT2D eigenvalue weighted by Gasteiger charge is -2.32. The summed E-state index contributed by atoms with van der Waals surface area (Å²) in [5.41, 5.74) is -0.746. The molecule has 2 fully saturated rings. The number of fused-ring (bicyclic) bond motifs is 1. The van der Waals surface area contributed by atoms with Crippen LogP contribution in [0, 0.1) is 11.8 Å². The maximum absolute atomic E-state index is 12.9. The maximum atomic E-state index is 12.9. The average molecular weight is 356 g/mol. The highest BCUT2D eigenvalue weighted by atomic mass is 16.5. The maximum Gasteiger partial charge on any atom is 0.331 e. The van der Waals surface area contributed by atoms with Crippen molar-refractivity contribution < 1.29 is 19.1 Å². The molecule has 2 aliphatic heterocycles. The number of unbranched alkanes of at least 4 members (excludes halogenated alkanes) is 1. The zero-order valence-electron chi connectivity index (χ0n) is 15.3. The van der Waals surface area contributed by atoms with Gasteiger partial charge in [0.25, 0.3) is 0 Å². The molecule has 3 rings (SSSR count). The van der Waals surface area contributed by atoms with Crippen LogP contribution in [-0.2, 0) is 24.7 Å². The van der Waals surface area contributed by atoms with E-state index in [9.17, 15) is 14.4 Å². The molecule has 0 aromatic heterocycles. The minimum Gasteiger partial charge on any atom is -0.467 e. The molecule has 1 N–H and O–H groups in total. The van der Waals surface area contributed by atoms with E-state index in [1.807, 2.05) is 30.4 Å². The van der Waals surface area contributed by atoms with E-state index in [4.69, 9.17) is 4.74 Å². The predicted octanol–water partition coefficient (Wildman–Crippen LogP) is 1.61. The number of likely N-dealkylation sites (tertiary alicyclic amines) is 1. The number of nitrogens with one attached hydrogen (secondary N) is 1. The van der Waals surface area contributed by atoms with Gasteiger partial charge in [-0.15, -0.1) is 0 Å². The molecule has 2 heterocycles. The standard InChI is InChI=1S/C20H24N2O4/c1-4-5-7-12-14-15-16(18(24)22(2)17(15)23)20(21-14,19(25)26-3)13-10-8-6-9-11-13/h6-12,14-16,21H,4-5H2,1-3H3/t14-,15+,16-,20-/m1/s1. The van der Waals surface area contributed by atoms with Crippen molar-refractivity contribution in [1.82, 2.24) is 10.2 Å². The highest BCUT2D eigenvalue weighted by Gasteiger charge is 2.68. The Morgan fingerprint density at radius 2 is 1.96 bits per heavy atom. The van der Waals surface area contributed by atoms with Crippen LogP contribution in [0.4, 0.5) is 0 Å². The van der Waals surface area contributed by atoms with Crippen LogP contribution in [-0.4, -0.2) is 42.9 Å². The Balaban J connectivity index is 2.16. The molecule has 6 nitrogen and oxygen atoms in total. The summed E-state index contributed by atoms with van der Waals surface area (Å²) < 4.78 is 5.09. The zero-order chi connectivity index (χ0) is 18.9. The lowest BCUT2D eigenvalue weighted by atomic mass is 9.75. The lowest BCUT2D eigenvalue weighted by molar-refractivity contribution is -0.154. The molecule has 6 heteroatoms. The van der Waals surface area contributed by atoms with Crippen molar-refractivity contribution in [2.45, 2.75) is 31.3 Å². The van der Waals surface area contributed by atoms with Gasteiger partial charge in [-0.05, 0) is 12.0 Å². The SMILES string of the molecule is CCCC=C[C@H]1N[C@](C(=O)OC)(c2ccccc2)[C@H]2C(=O)N(C)C(=O)[C@@H]12. The third kappa shape index (κ3) is 2.56. The van der Waals surface area contributed by atoms with E-state index >= 15 is 0 Å². The van der Waals surface area contributed by atoms with E-state index in [1.165, 1.54) is 14.2 Å². The summed E-state index contributed by atoms with van der Waals surface area (Å²) in [6.07, 6.45) is 5.73. The van der Waals surface area contributed by atoms with Gasteiger partial charge in [0.05, 0.1) is 18.9 Å². The molecular formula is C20H24N2O4. The van der Waals surface area contributed by atoms with Crippen molar-refractivity contribution in [2.24, 2.45) is 11.8 Å². The zero-order valence-corrected chi connectivity index (χ0v) is 15.3. The molecule has 0 bridgehead atoms. The fourth-order valence-electron chi connectivity index (χ4n) is 4.10. The van der Waals surface area contributed by atoms with Crippen LogP contribution in [0.1, 0.15) is 25.3 Å². The first kappa shape index (κ1) is 18.3. The van der Waals surface area contributed by atoms with Crippen LogP contribution in [0.5, 0.6) is 0 Å². The minimum atomic E-state index is -1.38. The van der Waals surface area contributed by atoms with Gasteiger partial charge in [0.1, 0.15) is 0 Å². The number of carbonyl (C=O) groups is 3. The Hall–Kier alpha value is -2.47. The van der Waals surface area contributed by atoms with Gasteiger partial charge >= 0.3 is 5.97 Å². The minimum absolute atomic E-state index is 0.264. The molecule has 2 amide bonds. The summed E-state index contributed by atoms with van der Waals surface area (Å²) in [7, 11) is 2.78. The molecule has 2 saturated heterocycles. The molecule has 2 aliphatic rings. The van der Waals surface area contributed by atoms with Gasteiger partial charge in [-0.2, -0.15) is 0 Å². The van der Waals surface area contributed by atoms with Gasteiger partial charge in [-0.3, -0.25) is 19.8 Å². The third-order valence-corrected chi connectivity index (χ3v) is 5.35. The summed E-state index contributed by atoms with van der Waals surface area (Å²) >= 11 is 0. The second-order valence-corrected chi connectivity index (χ2v) is 6.79. The third-order valence-electron chi connectivity index (χ3n) is 5.35. The van der Waals surface area contributed by atoms with Gasteiger partial charge in [0, 0.05) is 13.1 Å². The number of carbonyl (C=O) groups excluding carboxylic acids is 3. The molecule has 1 aromatic carbocycles. The average Bonchev–Trinajstić information content (AvgIpc) is 3.12. The topological polar surface area (TPSA) is 75.7 Å². The molecule has 138 valence electrons. The summed E-state index contributed by atoms with van der Waals surface area (Å²) in [6.45, 7) is 2.07. The number of methoxy groups -OCH3 is 1. The van der Waals surface area contributed by atoms with E-state index in [0.717, 1.165) is 17.7 Å². The van der Waals surface area contributed by atoms with Gasteiger partial charge in [-0.25, -0.2) is 4.79 Å². The Bertz CT molecular complexity index is 745. The predicted molar refractivity (Wildman–Crippen MR) is 95.9 cm³/mol. The van der Waals surface area contributed by atoms with Crippen molar-refractivity contribution in [3.8, 4) is 0 Å². The monoisotopic (exact) mass is 356 g/mol. The smallest absolute Gasteiger partial charge is 0.331 e. The fraction of sp³-hybridized carbons (Fsp3) is 0.450. The molecule has 0 saturated carbocycles. The second kappa shape index (κ2) is 7.03. The number of hydrogen-bond donors (Lipinski definition) is 1. The van der Waals surface area contributed by atoms with Gasteiger partial charge < -0.3 is 4.74 Å². The van der Waals surface area contributed by atoms with Gasteiger partial charge in [0.15, 0.2) is 5.54 Å². The number of hydrogen-bond acceptors (Lipinski definition) is 5. The summed E-state index contributed by atoms with van der Waals surface area (Å²) in [6, 6.07) is 8.62. The van der Waals surface area contributed by atoms with Crippen LogP contribution in [0.15, 0.2) is 42.5 Å². The number of amides is 2. The number of nitrogens with zero attached hydrogens (tertiary/aromatic N) is 1. The summed E-state index contributed by atoms with van der Waals surface area (Å²) in [4.78, 5) is 39.7. The molecule has 0 aliphatic carbocycles. The van der Waals surface area contributed by atoms with E-state index in [-0.39, 0.29) is 11.8 Å². The van der Waals surface area contributed by atoms with Crippen molar-refractivity contribution in [3.05, 3.63) is 48.0 Å². The molecule has 0 spiro atoms. The molecule has 1 aromatic rings. The number of imide groups is 1. The van der Waals surface area contributed by atoms with E-state index in [2.05, 4.69) is 12.2 Å². The van der Waals surface area contributed by atoms with E-state index < -0.39 is 29.4 Å². The summed E-state index contributed by atoms with van der Waals surface area (Å²) in [5.74, 6) is -2.62. The number of benzene rings is 1. The normalized spacial score (nSPS) is 30.9. The molecule has 26 heavy (non-hydrogen) atoms. The van der Waals surface area contributed by atoms with Crippen molar-refractivity contribution in [3.63, 3.8) is 0 Å². The molecule has 4 atom stereocenters. The lowest BCUT2D eigenvalue weighted by Crippen LogP contribution is -2.54. The van der Waals surface area contributed by atoms with Crippen molar-refractivity contribution in [2.75, 3.05) is 14.2 Å². The number of allylic oxidation sites excluding steroid dienone is 1. The quantitative estimate of drug-likeness (QED) is 0.493. The van der Waals surface area contributed by atoms with Crippen LogP contribution < -0.4 is 5.32 Å². The second-order valence-electron chi connectivity index (χ2n) is 6.79. The first-order valence-corrected chi connectivity index (χ1v) is 8.88. The molecule has 0 radical (unpaired) electrons. The largest absolute Gasteiger partial charge is 0.467 e. The van der Waals surface area contributed by atoms with Crippen molar-refractivity contribution in [1.29, 1.82) is 0 Å². The van der Waals surface area contributed by atoms with E-state index in [0.29, 0.717) is 5.56 Å². The van der Waals surface area contributed by atoms with Crippen molar-refractivity contribution >= 4 is 17.8 Å². The Morgan fingerprint density at radius 3 is 2.58 bits per heavy atom. The first-order valence-electron chi connectivity index (χ1n) is 8.88. The number of rotatable bonds is 5. The van der Waals surface area contributed by atoms with Crippen LogP contribution >= 0.6 is 0 Å². The number of ether oxygens (including phenoxy) is 1. The highest BCUT2D eigenvalue weighted by molar-refractivity contribution is 6.09. The number of esters is 1. The van der Waals surface area contributed by atoms with Crippen LogP contribution in [0.25, 0.3) is 0 Å². The van der Waals surface area contributed by atoms with Gasteiger partial charge in [-0.1, -0.05) is 55.8 Å². The Morgan fingerprint density at radius 1 is 1.27 bits per heavy atom. The summed E-state index contributed by atoms with van der Waals surface area (Å²) in [5, 5.41) is 3.28. The highest BCUT2D eigenvalue weighted by Crippen LogP contribution is 2.48. The Kier molecular flexibility index (Phi) is 4.96. The van der Waals surface area contributed by atoms with Crippen LogP contribution in [0.3, 0.4) is 0 Å². The molecule has 0 unspecified atom stereocenters. The Labute approximate surface area is 153 Å². The van der Waals surface area contributed by atoms with Gasteiger partial charge in [0.2, 0.25) is 11.8 Å². The fourth-order valence-corrected chi connectivity index (χ4v) is 4.10. The first-order chi connectivity index (χ1) is 12.5. The molecular weight excluding hydrogens is 332 g/mol. The van der Waals surface area contributed by atoms with Crippen LogP contribution in [0.2, 0.25) is 0 Å². The van der Waals surface area contributed by atoms with E-state index in [1.54, 1.807) is 12.1 Å².